The summed E-state index contributed by atoms with van der Waals surface area (Å²) in [5.41, 5.74) is 0. The molecule has 0 aliphatic carbocycles. The fraction of sp³-hybridized carbons (Fsp3) is 0.467. The highest BCUT2D eigenvalue weighted by molar-refractivity contribution is 7.99. The van der Waals surface area contributed by atoms with Gasteiger partial charge in [0.1, 0.15) is 0 Å². The largest absolute Gasteiger partial charge is 0.481 e. The number of carbonyl (C=O) groups excluding carboxylic acids is 1. The number of carboxylic acid groups (broad SMARTS) is 1. The molecule has 0 saturated carbocycles. The van der Waals surface area contributed by atoms with Crippen LogP contribution in [0.15, 0.2) is 29.2 Å². The number of benzene rings is 1. The SMILES string of the molecule is CC1C(C(=O)O)CCN1C(=O)CCSc1ccccc1Cl. The van der Waals surface area contributed by atoms with Crippen molar-refractivity contribution < 1.29 is 14.7 Å². The van der Waals surface area contributed by atoms with Crippen LogP contribution < -0.4 is 0 Å². The zero-order chi connectivity index (χ0) is 15.4. The van der Waals surface area contributed by atoms with Gasteiger partial charge in [0.2, 0.25) is 5.91 Å². The van der Waals surface area contributed by atoms with Crippen molar-refractivity contribution in [3.63, 3.8) is 0 Å². The van der Waals surface area contributed by atoms with Crippen LogP contribution in [0.3, 0.4) is 0 Å². The maximum atomic E-state index is 12.2. The van der Waals surface area contributed by atoms with E-state index < -0.39 is 11.9 Å². The molecule has 1 amide bonds. The van der Waals surface area contributed by atoms with E-state index in [1.54, 1.807) is 16.7 Å². The Kier molecular flexibility index (Phi) is 5.53. The maximum Gasteiger partial charge on any atom is 0.308 e. The Morgan fingerprint density at radius 3 is 2.76 bits per heavy atom. The average molecular weight is 328 g/mol. The molecule has 1 N–H and O–H groups in total. The second kappa shape index (κ2) is 7.18. The Morgan fingerprint density at radius 1 is 1.43 bits per heavy atom. The molecule has 2 unspecified atom stereocenters. The molecule has 4 nitrogen and oxygen atoms in total. The number of thioether (sulfide) groups is 1. The number of rotatable bonds is 5. The third kappa shape index (κ3) is 3.92. The Bertz CT molecular complexity index is 537. The molecule has 6 heteroatoms. The lowest BCUT2D eigenvalue weighted by atomic mass is 10.0. The van der Waals surface area contributed by atoms with Gasteiger partial charge in [0.25, 0.3) is 0 Å². The number of carboxylic acids is 1. The first kappa shape index (κ1) is 16.2. The number of amides is 1. The lowest BCUT2D eigenvalue weighted by Crippen LogP contribution is -2.37. The maximum absolute atomic E-state index is 12.2. The van der Waals surface area contributed by atoms with Crippen molar-refractivity contribution in [3.05, 3.63) is 29.3 Å². The molecular weight excluding hydrogens is 310 g/mol. The summed E-state index contributed by atoms with van der Waals surface area (Å²) in [7, 11) is 0. The average Bonchev–Trinajstić information content (AvgIpc) is 2.83. The van der Waals surface area contributed by atoms with Crippen molar-refractivity contribution in [3.8, 4) is 0 Å². The summed E-state index contributed by atoms with van der Waals surface area (Å²) >= 11 is 7.61. The van der Waals surface area contributed by atoms with Crippen LogP contribution in [-0.2, 0) is 9.59 Å². The second-order valence-electron chi connectivity index (χ2n) is 5.09. The van der Waals surface area contributed by atoms with Gasteiger partial charge in [-0.3, -0.25) is 9.59 Å². The van der Waals surface area contributed by atoms with Crippen LogP contribution in [0.5, 0.6) is 0 Å². The smallest absolute Gasteiger partial charge is 0.308 e. The number of hydrogen-bond donors (Lipinski definition) is 1. The number of nitrogens with zero attached hydrogens (tertiary/aromatic N) is 1. The quantitative estimate of drug-likeness (QED) is 0.844. The molecule has 2 atom stereocenters. The molecular formula is C15H18ClNO3S. The molecule has 1 heterocycles. The number of halogens is 1. The van der Waals surface area contributed by atoms with E-state index in [0.717, 1.165) is 4.90 Å². The minimum Gasteiger partial charge on any atom is -0.481 e. The fourth-order valence-corrected chi connectivity index (χ4v) is 3.75. The van der Waals surface area contributed by atoms with Crippen molar-refractivity contribution in [2.24, 2.45) is 5.92 Å². The molecule has 0 radical (unpaired) electrons. The van der Waals surface area contributed by atoms with Crippen LogP contribution >= 0.6 is 23.4 Å². The summed E-state index contributed by atoms with van der Waals surface area (Å²) in [6.07, 6.45) is 0.937. The molecule has 1 aromatic rings. The number of hydrogen-bond acceptors (Lipinski definition) is 3. The van der Waals surface area contributed by atoms with Crippen LogP contribution in [0.4, 0.5) is 0 Å². The van der Waals surface area contributed by atoms with E-state index >= 15 is 0 Å². The van der Waals surface area contributed by atoms with Crippen LogP contribution in [0.1, 0.15) is 19.8 Å². The van der Waals surface area contributed by atoms with Gasteiger partial charge in [0.15, 0.2) is 0 Å². The van der Waals surface area contributed by atoms with Crippen molar-refractivity contribution in [1.82, 2.24) is 4.90 Å². The van der Waals surface area contributed by atoms with E-state index in [2.05, 4.69) is 0 Å². The number of likely N-dealkylation sites (tertiary alicyclic amines) is 1. The third-order valence-corrected chi connectivity index (χ3v) is 5.32. The molecule has 0 spiro atoms. The summed E-state index contributed by atoms with van der Waals surface area (Å²) in [6, 6.07) is 7.31. The van der Waals surface area contributed by atoms with E-state index in [1.165, 1.54) is 0 Å². The lowest BCUT2D eigenvalue weighted by molar-refractivity contribution is -0.143. The van der Waals surface area contributed by atoms with Crippen LogP contribution in [0, 0.1) is 5.92 Å². The second-order valence-corrected chi connectivity index (χ2v) is 6.63. The summed E-state index contributed by atoms with van der Waals surface area (Å²) in [4.78, 5) is 25.9. The van der Waals surface area contributed by atoms with Gasteiger partial charge in [-0.25, -0.2) is 0 Å². The van der Waals surface area contributed by atoms with Crippen LogP contribution in [0.25, 0.3) is 0 Å². The Balaban J connectivity index is 1.83. The molecule has 1 aliphatic heterocycles. The van der Waals surface area contributed by atoms with E-state index in [1.807, 2.05) is 31.2 Å². The first-order valence-corrected chi connectivity index (χ1v) is 8.26. The Hall–Kier alpha value is -1.20. The van der Waals surface area contributed by atoms with E-state index in [9.17, 15) is 9.59 Å². The molecule has 0 bridgehead atoms. The Labute approximate surface area is 133 Å². The highest BCUT2D eigenvalue weighted by Crippen LogP contribution is 2.28. The molecule has 114 valence electrons. The highest BCUT2D eigenvalue weighted by atomic mass is 35.5. The van der Waals surface area contributed by atoms with E-state index in [0.29, 0.717) is 30.2 Å². The van der Waals surface area contributed by atoms with Gasteiger partial charge in [0, 0.05) is 29.7 Å². The first-order valence-electron chi connectivity index (χ1n) is 6.90. The van der Waals surface area contributed by atoms with Gasteiger partial charge in [-0.15, -0.1) is 11.8 Å². The summed E-state index contributed by atoms with van der Waals surface area (Å²) in [6.45, 7) is 2.35. The van der Waals surface area contributed by atoms with Crippen LogP contribution in [-0.4, -0.2) is 40.2 Å². The predicted molar refractivity (Wildman–Crippen MR) is 83.7 cm³/mol. The van der Waals surface area contributed by atoms with Crippen LogP contribution in [0.2, 0.25) is 5.02 Å². The molecule has 1 saturated heterocycles. The minimum absolute atomic E-state index is 0.0193. The third-order valence-electron chi connectivity index (χ3n) is 3.80. The fourth-order valence-electron chi connectivity index (χ4n) is 2.58. The molecule has 0 aromatic heterocycles. The lowest BCUT2D eigenvalue weighted by Gasteiger charge is -2.23. The molecule has 1 aromatic carbocycles. The van der Waals surface area contributed by atoms with Gasteiger partial charge in [-0.2, -0.15) is 0 Å². The van der Waals surface area contributed by atoms with Gasteiger partial charge in [0.05, 0.1) is 10.9 Å². The van der Waals surface area contributed by atoms with E-state index in [-0.39, 0.29) is 11.9 Å². The van der Waals surface area contributed by atoms with Crippen molar-refractivity contribution in [2.45, 2.75) is 30.7 Å². The van der Waals surface area contributed by atoms with Gasteiger partial charge >= 0.3 is 5.97 Å². The molecule has 2 rings (SSSR count). The number of carbonyl (C=O) groups is 2. The van der Waals surface area contributed by atoms with Gasteiger partial charge in [-0.1, -0.05) is 23.7 Å². The summed E-state index contributed by atoms with van der Waals surface area (Å²) in [5.74, 6) is -0.594. The highest BCUT2D eigenvalue weighted by Gasteiger charge is 2.37. The van der Waals surface area contributed by atoms with Gasteiger partial charge < -0.3 is 10.0 Å². The summed E-state index contributed by atoms with van der Waals surface area (Å²) < 4.78 is 0. The zero-order valence-corrected chi connectivity index (χ0v) is 13.4. The van der Waals surface area contributed by atoms with Gasteiger partial charge in [-0.05, 0) is 25.5 Å². The monoisotopic (exact) mass is 327 g/mol. The zero-order valence-electron chi connectivity index (χ0n) is 11.8. The van der Waals surface area contributed by atoms with Crippen molar-refractivity contribution >= 4 is 35.2 Å². The summed E-state index contributed by atoms with van der Waals surface area (Å²) in [5, 5.41) is 9.77. The minimum atomic E-state index is -0.816. The topological polar surface area (TPSA) is 57.6 Å². The molecule has 1 fully saturated rings. The first-order chi connectivity index (χ1) is 10.0. The normalized spacial score (nSPS) is 21.5. The van der Waals surface area contributed by atoms with E-state index in [4.69, 9.17) is 16.7 Å². The predicted octanol–water partition coefficient (Wildman–Crippen LogP) is 3.14. The number of aliphatic carboxylic acids is 1. The van der Waals surface area contributed by atoms with Crippen molar-refractivity contribution in [2.75, 3.05) is 12.3 Å². The standard InChI is InChI=1S/C15H18ClNO3S/c1-10-11(15(19)20)6-8-17(10)14(18)7-9-21-13-5-3-2-4-12(13)16/h2-5,10-11H,6-9H2,1H3,(H,19,20). The molecule has 1 aliphatic rings. The Morgan fingerprint density at radius 2 is 2.14 bits per heavy atom. The molecule has 21 heavy (non-hydrogen) atoms. The van der Waals surface area contributed by atoms with Crippen molar-refractivity contribution in [1.29, 1.82) is 0 Å².